The second kappa shape index (κ2) is 9.68. The average Bonchev–Trinajstić information content (AvgIpc) is 3.28. The zero-order valence-corrected chi connectivity index (χ0v) is 19.5. The molecule has 0 unspecified atom stereocenters. The van der Waals surface area contributed by atoms with Crippen LogP contribution in [-0.4, -0.2) is 53.5 Å². The smallest absolute Gasteiger partial charge is 0.234 e. The summed E-state index contributed by atoms with van der Waals surface area (Å²) in [5.74, 6) is 1.87. The van der Waals surface area contributed by atoms with E-state index >= 15 is 0 Å². The monoisotopic (exact) mass is 457 g/mol. The zero-order valence-electron chi connectivity index (χ0n) is 18.7. The lowest BCUT2D eigenvalue weighted by Gasteiger charge is -2.35. The Morgan fingerprint density at radius 3 is 2.39 bits per heavy atom. The number of carbonyl (C=O) groups excluding carboxylic acids is 1. The molecule has 1 amide bonds. The van der Waals surface area contributed by atoms with E-state index in [1.54, 1.807) is 11.3 Å². The van der Waals surface area contributed by atoms with Gasteiger partial charge < -0.3 is 10.2 Å². The van der Waals surface area contributed by atoms with Crippen molar-refractivity contribution in [3.05, 3.63) is 77.4 Å². The number of hydrogen-bond donors (Lipinski definition) is 1. The van der Waals surface area contributed by atoms with E-state index in [0.717, 1.165) is 53.6 Å². The predicted molar refractivity (Wildman–Crippen MR) is 135 cm³/mol. The van der Waals surface area contributed by atoms with Crippen molar-refractivity contribution in [3.8, 4) is 11.1 Å². The van der Waals surface area contributed by atoms with Crippen molar-refractivity contribution >= 4 is 33.3 Å². The Hall–Kier alpha value is -3.29. The number of nitrogens with one attached hydrogen (secondary N) is 1. The first-order valence-electron chi connectivity index (χ1n) is 11.3. The highest BCUT2D eigenvalue weighted by Gasteiger charge is 2.24. The van der Waals surface area contributed by atoms with Crippen LogP contribution < -0.4 is 10.2 Å². The van der Waals surface area contributed by atoms with E-state index in [4.69, 9.17) is 9.97 Å². The van der Waals surface area contributed by atoms with Crippen molar-refractivity contribution in [2.24, 2.45) is 0 Å². The molecule has 0 saturated carbocycles. The first kappa shape index (κ1) is 21.6. The van der Waals surface area contributed by atoms with Crippen LogP contribution in [0.1, 0.15) is 11.4 Å². The van der Waals surface area contributed by atoms with Crippen molar-refractivity contribution < 1.29 is 4.79 Å². The maximum absolute atomic E-state index is 12.4. The normalized spacial score (nSPS) is 14.5. The van der Waals surface area contributed by atoms with Crippen LogP contribution in [0.5, 0.6) is 0 Å². The van der Waals surface area contributed by atoms with Crippen LogP contribution >= 0.6 is 11.3 Å². The van der Waals surface area contributed by atoms with Gasteiger partial charge in [0, 0.05) is 43.7 Å². The molecule has 0 bridgehead atoms. The highest BCUT2D eigenvalue weighted by atomic mass is 32.1. The van der Waals surface area contributed by atoms with Crippen molar-refractivity contribution in [1.82, 2.24) is 20.2 Å². The molecule has 6 nitrogen and oxygen atoms in total. The minimum absolute atomic E-state index is 0.0665. The molecule has 1 aliphatic rings. The highest BCUT2D eigenvalue weighted by Crippen LogP contribution is 2.38. The minimum atomic E-state index is 0.0665. The van der Waals surface area contributed by atoms with E-state index in [1.807, 2.05) is 43.3 Å². The number of fused-ring (bicyclic) bond motifs is 1. The van der Waals surface area contributed by atoms with Gasteiger partial charge in [0.2, 0.25) is 5.91 Å². The molecule has 3 heterocycles. The summed E-state index contributed by atoms with van der Waals surface area (Å²) < 4.78 is 0. The molecule has 0 spiro atoms. The Kier molecular flexibility index (Phi) is 6.32. The van der Waals surface area contributed by atoms with Gasteiger partial charge in [0.05, 0.1) is 11.9 Å². The van der Waals surface area contributed by atoms with Gasteiger partial charge in [0.1, 0.15) is 16.5 Å². The van der Waals surface area contributed by atoms with Gasteiger partial charge in [0.25, 0.3) is 0 Å². The average molecular weight is 458 g/mol. The number of aryl methyl sites for hydroxylation is 1. The lowest BCUT2D eigenvalue weighted by Crippen LogP contribution is -2.49. The van der Waals surface area contributed by atoms with Gasteiger partial charge in [-0.05, 0) is 18.1 Å². The highest BCUT2D eigenvalue weighted by molar-refractivity contribution is 7.17. The first-order valence-corrected chi connectivity index (χ1v) is 12.1. The van der Waals surface area contributed by atoms with Gasteiger partial charge in [-0.1, -0.05) is 60.7 Å². The number of aromatic nitrogens is 2. The van der Waals surface area contributed by atoms with Crippen LogP contribution in [0.2, 0.25) is 0 Å². The minimum Gasteiger partial charge on any atom is -0.353 e. The number of benzene rings is 2. The number of anilines is 1. The third kappa shape index (κ3) is 4.89. The molecule has 0 atom stereocenters. The van der Waals surface area contributed by atoms with Crippen LogP contribution in [0.15, 0.2) is 66.0 Å². The Balaban J connectivity index is 1.27. The summed E-state index contributed by atoms with van der Waals surface area (Å²) in [5, 5.41) is 6.35. The summed E-state index contributed by atoms with van der Waals surface area (Å²) in [7, 11) is 0. The molecule has 2 aromatic carbocycles. The Bertz CT molecular complexity index is 1230. The molecule has 4 aromatic rings. The van der Waals surface area contributed by atoms with Crippen molar-refractivity contribution in [1.29, 1.82) is 0 Å². The summed E-state index contributed by atoms with van der Waals surface area (Å²) in [6.07, 6.45) is 0. The fraction of sp³-hybridized carbons (Fsp3) is 0.269. The molecule has 1 fully saturated rings. The van der Waals surface area contributed by atoms with Crippen molar-refractivity contribution in [3.63, 3.8) is 0 Å². The molecule has 1 aliphatic heterocycles. The van der Waals surface area contributed by atoms with Gasteiger partial charge in [-0.2, -0.15) is 0 Å². The van der Waals surface area contributed by atoms with E-state index in [1.165, 1.54) is 11.1 Å². The van der Waals surface area contributed by atoms with E-state index in [2.05, 4.69) is 44.8 Å². The SMILES string of the molecule is Cc1nc(N2CCN(CC(=O)NCc3ccccc3)CC2)c2c(-c3ccccc3)csc2n1. The Morgan fingerprint density at radius 1 is 0.970 bits per heavy atom. The number of nitrogens with zero attached hydrogens (tertiary/aromatic N) is 4. The molecule has 5 rings (SSSR count). The first-order chi connectivity index (χ1) is 16.2. The molecule has 33 heavy (non-hydrogen) atoms. The van der Waals surface area contributed by atoms with Gasteiger partial charge >= 0.3 is 0 Å². The number of piperazine rings is 1. The molecule has 168 valence electrons. The second-order valence-electron chi connectivity index (χ2n) is 8.32. The van der Waals surface area contributed by atoms with E-state index in [0.29, 0.717) is 13.1 Å². The largest absolute Gasteiger partial charge is 0.353 e. The predicted octanol–water partition coefficient (Wildman–Crippen LogP) is 4.11. The molecule has 1 saturated heterocycles. The quantitative estimate of drug-likeness (QED) is 0.472. The number of rotatable bonds is 6. The van der Waals surface area contributed by atoms with Crippen LogP contribution in [0.25, 0.3) is 21.3 Å². The maximum Gasteiger partial charge on any atom is 0.234 e. The molecular weight excluding hydrogens is 430 g/mol. The van der Waals surface area contributed by atoms with Gasteiger partial charge in [0.15, 0.2) is 0 Å². The second-order valence-corrected chi connectivity index (χ2v) is 9.17. The topological polar surface area (TPSA) is 61.4 Å². The zero-order chi connectivity index (χ0) is 22.6. The molecule has 0 radical (unpaired) electrons. The third-order valence-corrected chi connectivity index (χ3v) is 6.85. The standard InChI is InChI=1S/C26H27N5OS/c1-19-28-25(24-22(18-33-26(24)29-19)21-10-6-3-7-11-21)31-14-12-30(13-15-31)17-23(32)27-16-20-8-4-2-5-9-20/h2-11,18H,12-17H2,1H3,(H,27,32). The van der Waals surface area contributed by atoms with Crippen molar-refractivity contribution in [2.75, 3.05) is 37.6 Å². The van der Waals surface area contributed by atoms with E-state index < -0.39 is 0 Å². The van der Waals surface area contributed by atoms with Crippen LogP contribution in [0.4, 0.5) is 5.82 Å². The fourth-order valence-electron chi connectivity index (χ4n) is 4.26. The van der Waals surface area contributed by atoms with Crippen LogP contribution in [-0.2, 0) is 11.3 Å². The number of carbonyl (C=O) groups is 1. The van der Waals surface area contributed by atoms with E-state index in [9.17, 15) is 4.79 Å². The lowest BCUT2D eigenvalue weighted by atomic mass is 10.1. The number of hydrogen-bond acceptors (Lipinski definition) is 6. The summed E-state index contributed by atoms with van der Waals surface area (Å²) >= 11 is 1.67. The number of amides is 1. The summed E-state index contributed by atoms with van der Waals surface area (Å²) in [6, 6.07) is 20.5. The van der Waals surface area contributed by atoms with Gasteiger partial charge in [-0.3, -0.25) is 9.69 Å². The number of thiophene rings is 1. The fourth-order valence-corrected chi connectivity index (χ4v) is 5.25. The summed E-state index contributed by atoms with van der Waals surface area (Å²) in [6.45, 7) is 6.27. The van der Waals surface area contributed by atoms with E-state index in [-0.39, 0.29) is 5.91 Å². The van der Waals surface area contributed by atoms with Gasteiger partial charge in [-0.25, -0.2) is 9.97 Å². The molecule has 2 aromatic heterocycles. The Labute approximate surface area is 197 Å². The molecular formula is C26H27N5OS. The van der Waals surface area contributed by atoms with Crippen molar-refractivity contribution in [2.45, 2.75) is 13.5 Å². The summed E-state index contributed by atoms with van der Waals surface area (Å²) in [4.78, 5) is 27.6. The van der Waals surface area contributed by atoms with Crippen LogP contribution in [0, 0.1) is 6.92 Å². The van der Waals surface area contributed by atoms with Crippen LogP contribution in [0.3, 0.4) is 0 Å². The summed E-state index contributed by atoms with van der Waals surface area (Å²) in [5.41, 5.74) is 3.49. The Morgan fingerprint density at radius 2 is 1.67 bits per heavy atom. The third-order valence-electron chi connectivity index (χ3n) is 5.98. The molecule has 0 aliphatic carbocycles. The molecule has 1 N–H and O–H groups in total. The maximum atomic E-state index is 12.4. The molecule has 7 heteroatoms. The lowest BCUT2D eigenvalue weighted by molar-refractivity contribution is -0.122. The van der Waals surface area contributed by atoms with Gasteiger partial charge in [-0.15, -0.1) is 11.3 Å².